The van der Waals surface area contributed by atoms with Crippen LogP contribution in [0.5, 0.6) is 5.75 Å². The fourth-order valence-corrected chi connectivity index (χ4v) is 4.30. The van der Waals surface area contributed by atoms with E-state index in [1.54, 1.807) is 12.1 Å². The van der Waals surface area contributed by atoms with Gasteiger partial charge in [-0.1, -0.05) is 45.1 Å². The second kappa shape index (κ2) is 13.9. The molecule has 0 unspecified atom stereocenters. The van der Waals surface area contributed by atoms with E-state index >= 15 is 0 Å². The van der Waals surface area contributed by atoms with Gasteiger partial charge in [-0.05, 0) is 18.9 Å². The van der Waals surface area contributed by atoms with Crippen molar-refractivity contribution in [2.45, 2.75) is 58.4 Å². The van der Waals surface area contributed by atoms with E-state index < -0.39 is 40.2 Å². The standard InChI is InChI=1S/C27H36F2N4O5/c1-3-4-5-6-7-8-13-38-14-9-12-32-18-31(2)33-17-21(24(34)25(35)23(33)27(32)37)26(36)30-16-19-10-11-20(28)15-22(19)29/h10-11,15,17,35H,3-9,12-14,16,18H2,1-2H3,(H,30,36). The lowest BCUT2D eigenvalue weighted by Gasteiger charge is -2.37. The van der Waals surface area contributed by atoms with Crippen LogP contribution < -0.4 is 15.8 Å². The van der Waals surface area contributed by atoms with Crippen molar-refractivity contribution < 1.29 is 28.2 Å². The zero-order chi connectivity index (χ0) is 27.7. The molecule has 11 heteroatoms. The molecule has 0 fully saturated rings. The van der Waals surface area contributed by atoms with Crippen LogP contribution in [0.25, 0.3) is 0 Å². The number of carbonyl (C=O) groups is 2. The van der Waals surface area contributed by atoms with Crippen molar-refractivity contribution in [2.75, 3.05) is 38.5 Å². The van der Waals surface area contributed by atoms with E-state index in [0.29, 0.717) is 32.2 Å². The van der Waals surface area contributed by atoms with Crippen molar-refractivity contribution in [1.29, 1.82) is 0 Å². The smallest absolute Gasteiger partial charge is 0.277 e. The molecule has 3 rings (SSSR count). The van der Waals surface area contributed by atoms with E-state index in [2.05, 4.69) is 12.2 Å². The molecular formula is C27H36F2N4O5. The third kappa shape index (κ3) is 7.31. The molecule has 9 nitrogen and oxygen atoms in total. The van der Waals surface area contributed by atoms with Crippen LogP contribution in [0.15, 0.2) is 29.2 Å². The maximum atomic E-state index is 13.9. The Labute approximate surface area is 221 Å². The van der Waals surface area contributed by atoms with Crippen LogP contribution in [0.3, 0.4) is 0 Å². The Morgan fingerprint density at radius 3 is 2.53 bits per heavy atom. The van der Waals surface area contributed by atoms with Crippen LogP contribution in [-0.2, 0) is 11.3 Å². The number of ether oxygens (including phenoxy) is 1. The normalized spacial score (nSPS) is 13.1. The fourth-order valence-electron chi connectivity index (χ4n) is 4.30. The number of fused-ring (bicyclic) bond motifs is 1. The molecule has 2 N–H and O–H groups in total. The Morgan fingerprint density at radius 1 is 1.08 bits per heavy atom. The lowest BCUT2D eigenvalue weighted by atomic mass is 10.1. The summed E-state index contributed by atoms with van der Waals surface area (Å²) in [7, 11) is 1.65. The van der Waals surface area contributed by atoms with Crippen LogP contribution in [-0.4, -0.2) is 60.0 Å². The first kappa shape index (κ1) is 29.1. The number of aromatic hydroxyl groups is 1. The highest BCUT2D eigenvalue weighted by atomic mass is 19.1. The lowest BCUT2D eigenvalue weighted by Crippen LogP contribution is -2.53. The van der Waals surface area contributed by atoms with Gasteiger partial charge in [-0.3, -0.25) is 24.1 Å². The van der Waals surface area contributed by atoms with Crippen molar-refractivity contribution >= 4 is 11.8 Å². The molecule has 1 aromatic carbocycles. The average molecular weight is 535 g/mol. The van der Waals surface area contributed by atoms with Gasteiger partial charge in [0.1, 0.15) is 23.9 Å². The number of nitrogens with one attached hydrogen (secondary N) is 1. The van der Waals surface area contributed by atoms with Gasteiger partial charge in [0.25, 0.3) is 11.8 Å². The summed E-state index contributed by atoms with van der Waals surface area (Å²) < 4.78 is 33.9. The number of aromatic nitrogens is 1. The molecular weight excluding hydrogens is 498 g/mol. The third-order valence-corrected chi connectivity index (χ3v) is 6.46. The monoisotopic (exact) mass is 534 g/mol. The van der Waals surface area contributed by atoms with Gasteiger partial charge < -0.3 is 20.1 Å². The molecule has 2 amide bonds. The number of pyridine rings is 1. The molecule has 1 aromatic heterocycles. The van der Waals surface area contributed by atoms with Crippen LogP contribution in [0.2, 0.25) is 0 Å². The van der Waals surface area contributed by atoms with Crippen molar-refractivity contribution in [3.63, 3.8) is 0 Å². The van der Waals surface area contributed by atoms with Crippen LogP contribution in [0.4, 0.5) is 8.78 Å². The molecule has 0 atom stereocenters. The molecule has 1 aliphatic rings. The summed E-state index contributed by atoms with van der Waals surface area (Å²) in [5, 5.41) is 14.6. The lowest BCUT2D eigenvalue weighted by molar-refractivity contribution is 0.0654. The zero-order valence-electron chi connectivity index (χ0n) is 22.0. The summed E-state index contributed by atoms with van der Waals surface area (Å²) in [6.45, 7) is 3.61. The first-order valence-electron chi connectivity index (χ1n) is 13.0. The molecule has 0 bridgehead atoms. The summed E-state index contributed by atoms with van der Waals surface area (Å²) in [5.74, 6) is -3.83. The largest absolute Gasteiger partial charge is 0.502 e. The quantitative estimate of drug-likeness (QED) is 0.360. The van der Waals surface area contributed by atoms with Gasteiger partial charge in [0, 0.05) is 51.2 Å². The minimum atomic E-state index is -1.01. The first-order valence-corrected chi connectivity index (χ1v) is 13.0. The molecule has 0 aliphatic carbocycles. The fraction of sp³-hybridized carbons (Fsp3) is 0.519. The summed E-state index contributed by atoms with van der Waals surface area (Å²) in [6, 6.07) is 2.93. The Bertz CT molecular complexity index is 1190. The zero-order valence-corrected chi connectivity index (χ0v) is 22.0. The van der Waals surface area contributed by atoms with Gasteiger partial charge in [-0.2, -0.15) is 0 Å². The van der Waals surface area contributed by atoms with Gasteiger partial charge in [0.15, 0.2) is 11.4 Å². The van der Waals surface area contributed by atoms with Gasteiger partial charge in [-0.25, -0.2) is 8.78 Å². The topological polar surface area (TPSA) is 104 Å². The van der Waals surface area contributed by atoms with Crippen molar-refractivity contribution in [3.8, 4) is 5.75 Å². The van der Waals surface area contributed by atoms with Crippen molar-refractivity contribution in [3.05, 3.63) is 63.1 Å². The molecule has 2 heterocycles. The third-order valence-electron chi connectivity index (χ3n) is 6.46. The Kier molecular flexibility index (Phi) is 10.6. The van der Waals surface area contributed by atoms with Gasteiger partial charge in [0.05, 0.1) is 0 Å². The number of unbranched alkanes of at least 4 members (excludes halogenated alkanes) is 5. The predicted molar refractivity (Wildman–Crippen MR) is 139 cm³/mol. The Hall–Kier alpha value is -3.47. The molecule has 0 saturated carbocycles. The van der Waals surface area contributed by atoms with E-state index in [1.165, 1.54) is 47.5 Å². The van der Waals surface area contributed by atoms with Crippen molar-refractivity contribution in [1.82, 2.24) is 14.9 Å². The maximum Gasteiger partial charge on any atom is 0.277 e. The van der Waals surface area contributed by atoms with E-state index in [-0.39, 0.29) is 24.5 Å². The highest BCUT2D eigenvalue weighted by Gasteiger charge is 2.33. The molecule has 1 aliphatic heterocycles. The van der Waals surface area contributed by atoms with Gasteiger partial charge >= 0.3 is 0 Å². The average Bonchev–Trinajstić information content (AvgIpc) is 2.88. The number of hydrogen-bond acceptors (Lipinski definition) is 6. The Morgan fingerprint density at radius 2 is 1.79 bits per heavy atom. The minimum Gasteiger partial charge on any atom is -0.502 e. The molecule has 0 radical (unpaired) electrons. The summed E-state index contributed by atoms with van der Waals surface area (Å²) in [6.07, 6.45) is 8.86. The molecule has 2 aromatic rings. The van der Waals surface area contributed by atoms with Gasteiger partial charge in [-0.15, -0.1) is 0 Å². The second-order valence-corrected chi connectivity index (χ2v) is 9.43. The molecule has 0 saturated heterocycles. The number of hydrogen-bond donors (Lipinski definition) is 2. The number of nitrogens with zero attached hydrogens (tertiary/aromatic N) is 3. The number of halogens is 2. The van der Waals surface area contributed by atoms with Crippen molar-refractivity contribution in [2.24, 2.45) is 0 Å². The predicted octanol–water partition coefficient (Wildman–Crippen LogP) is 3.51. The minimum absolute atomic E-state index is 0.0286. The Balaban J connectivity index is 1.57. The number of benzene rings is 1. The molecule has 38 heavy (non-hydrogen) atoms. The summed E-state index contributed by atoms with van der Waals surface area (Å²) in [4.78, 5) is 40.0. The van der Waals surface area contributed by atoms with E-state index in [4.69, 9.17) is 4.74 Å². The SMILES string of the molecule is CCCCCCCCOCCCN1CN(C)n2cc(C(=O)NCc3ccc(F)cc3F)c(=O)c(O)c2C1=O. The molecule has 0 spiro atoms. The highest BCUT2D eigenvalue weighted by Crippen LogP contribution is 2.21. The highest BCUT2D eigenvalue weighted by molar-refractivity contribution is 5.99. The van der Waals surface area contributed by atoms with Crippen LogP contribution in [0, 0.1) is 11.6 Å². The summed E-state index contributed by atoms with van der Waals surface area (Å²) >= 11 is 0. The van der Waals surface area contributed by atoms with E-state index in [1.807, 2.05) is 0 Å². The summed E-state index contributed by atoms with van der Waals surface area (Å²) in [5.41, 5.74) is -1.64. The first-order chi connectivity index (χ1) is 18.2. The second-order valence-electron chi connectivity index (χ2n) is 9.43. The van der Waals surface area contributed by atoms with Crippen LogP contribution in [0.1, 0.15) is 78.3 Å². The van der Waals surface area contributed by atoms with Gasteiger partial charge in [0.2, 0.25) is 5.43 Å². The molecule has 208 valence electrons. The van der Waals surface area contributed by atoms with E-state index in [0.717, 1.165) is 18.9 Å². The number of amides is 2. The number of carbonyl (C=O) groups excluding carboxylic acids is 2. The van der Waals surface area contributed by atoms with E-state index in [9.17, 15) is 28.3 Å². The van der Waals surface area contributed by atoms with Crippen LogP contribution >= 0.6 is 0 Å². The maximum absolute atomic E-state index is 13.9. The number of rotatable bonds is 14.